The van der Waals surface area contributed by atoms with Gasteiger partial charge in [0.2, 0.25) is 0 Å². The first-order valence-electron chi connectivity index (χ1n) is 6.25. The molecule has 0 aliphatic heterocycles. The second-order valence-corrected chi connectivity index (χ2v) is 6.59. The highest BCUT2D eigenvalue weighted by Gasteiger charge is 2.27. The number of thioether (sulfide) groups is 1. The zero-order valence-electron chi connectivity index (χ0n) is 10.6. The van der Waals surface area contributed by atoms with Gasteiger partial charge in [0.25, 0.3) is 0 Å². The first kappa shape index (κ1) is 12.0. The molecule has 0 N–H and O–H groups in total. The van der Waals surface area contributed by atoms with E-state index in [1.165, 1.54) is 30.6 Å². The minimum atomic E-state index is 0.579. The van der Waals surface area contributed by atoms with E-state index in [4.69, 9.17) is 0 Å². The van der Waals surface area contributed by atoms with Crippen LogP contribution in [0.3, 0.4) is 0 Å². The normalized spacial score (nSPS) is 20.9. The maximum Gasteiger partial charge on any atom is 0.00693 e. The predicted molar refractivity (Wildman–Crippen MR) is 73.2 cm³/mol. The van der Waals surface area contributed by atoms with Gasteiger partial charge in [-0.25, -0.2) is 0 Å². The minimum absolute atomic E-state index is 0.579. The third-order valence-corrected chi connectivity index (χ3v) is 4.67. The molecule has 1 heteroatoms. The Morgan fingerprint density at radius 3 is 2.12 bits per heavy atom. The molecule has 0 amide bonds. The van der Waals surface area contributed by atoms with Gasteiger partial charge in [-0.3, -0.25) is 0 Å². The monoisotopic (exact) mass is 234 g/mol. The van der Waals surface area contributed by atoms with E-state index in [0.29, 0.717) is 5.41 Å². The molecule has 0 radical (unpaired) electrons. The van der Waals surface area contributed by atoms with E-state index in [-0.39, 0.29) is 0 Å². The molecule has 0 bridgehead atoms. The molecule has 0 unspecified atom stereocenters. The Balaban J connectivity index is 2.03. The van der Waals surface area contributed by atoms with Crippen LogP contribution in [0, 0.1) is 5.41 Å². The second kappa shape index (κ2) is 4.83. The van der Waals surface area contributed by atoms with Crippen LogP contribution in [0.5, 0.6) is 0 Å². The molecule has 0 atom stereocenters. The van der Waals surface area contributed by atoms with Crippen LogP contribution < -0.4 is 0 Å². The predicted octanol–water partition coefficient (Wildman–Crippen LogP) is 5.09. The summed E-state index contributed by atoms with van der Waals surface area (Å²) in [6.07, 6.45) is 7.62. The summed E-state index contributed by atoms with van der Waals surface area (Å²) < 4.78 is 0. The van der Waals surface area contributed by atoms with Crippen LogP contribution in [-0.2, 0) is 0 Å². The van der Waals surface area contributed by atoms with Crippen LogP contribution in [-0.4, -0.2) is 6.26 Å². The molecule has 0 heterocycles. The summed E-state index contributed by atoms with van der Waals surface area (Å²) >= 11 is 1.82. The lowest BCUT2D eigenvalue weighted by Crippen LogP contribution is -2.20. The molecular weight excluding hydrogens is 212 g/mol. The van der Waals surface area contributed by atoms with Gasteiger partial charge in [0.1, 0.15) is 0 Å². The zero-order chi connectivity index (χ0) is 11.6. The summed E-state index contributed by atoms with van der Waals surface area (Å²) in [6, 6.07) is 9.18. The smallest absolute Gasteiger partial charge is 0.00693 e. The summed E-state index contributed by atoms with van der Waals surface area (Å²) in [6.45, 7) is 4.81. The van der Waals surface area contributed by atoms with Crippen molar-refractivity contribution in [1.82, 2.24) is 0 Å². The van der Waals surface area contributed by atoms with Gasteiger partial charge in [-0.1, -0.05) is 26.0 Å². The Kier molecular flexibility index (Phi) is 3.63. The van der Waals surface area contributed by atoms with Gasteiger partial charge < -0.3 is 0 Å². The summed E-state index contributed by atoms with van der Waals surface area (Å²) in [7, 11) is 0. The van der Waals surface area contributed by atoms with Crippen LogP contribution in [0.25, 0.3) is 0 Å². The van der Waals surface area contributed by atoms with Crippen molar-refractivity contribution in [3.8, 4) is 0 Å². The van der Waals surface area contributed by atoms with Crippen molar-refractivity contribution in [1.29, 1.82) is 0 Å². The lowest BCUT2D eigenvalue weighted by molar-refractivity contribution is 0.224. The molecular formula is C15H22S. The first-order valence-corrected chi connectivity index (χ1v) is 7.47. The fourth-order valence-corrected chi connectivity index (χ4v) is 3.02. The van der Waals surface area contributed by atoms with E-state index in [2.05, 4.69) is 44.4 Å². The average molecular weight is 234 g/mol. The molecule has 1 aromatic rings. The summed E-state index contributed by atoms with van der Waals surface area (Å²) in [5.41, 5.74) is 2.13. The third-order valence-electron chi connectivity index (χ3n) is 3.93. The number of rotatable bonds is 2. The van der Waals surface area contributed by atoms with Crippen LogP contribution in [0.15, 0.2) is 29.2 Å². The number of hydrogen-bond donors (Lipinski definition) is 0. The molecule has 1 fully saturated rings. The highest BCUT2D eigenvalue weighted by atomic mass is 32.2. The second-order valence-electron chi connectivity index (χ2n) is 5.71. The zero-order valence-corrected chi connectivity index (χ0v) is 11.4. The van der Waals surface area contributed by atoms with Gasteiger partial charge in [0.05, 0.1) is 0 Å². The van der Waals surface area contributed by atoms with Gasteiger partial charge >= 0.3 is 0 Å². The summed E-state index contributed by atoms with van der Waals surface area (Å²) in [5, 5.41) is 0. The fourth-order valence-electron chi connectivity index (χ4n) is 2.61. The van der Waals surface area contributed by atoms with Crippen LogP contribution in [0.4, 0.5) is 0 Å². The van der Waals surface area contributed by atoms with E-state index >= 15 is 0 Å². The van der Waals surface area contributed by atoms with Crippen molar-refractivity contribution >= 4 is 11.8 Å². The molecule has 0 aromatic heterocycles. The fraction of sp³-hybridized carbons (Fsp3) is 0.600. The molecule has 88 valence electrons. The molecule has 0 nitrogen and oxygen atoms in total. The van der Waals surface area contributed by atoms with Gasteiger partial charge in [0.15, 0.2) is 0 Å². The minimum Gasteiger partial charge on any atom is -0.130 e. The van der Waals surface area contributed by atoms with Crippen molar-refractivity contribution in [2.45, 2.75) is 50.3 Å². The SMILES string of the molecule is CSc1ccc(C2CCC(C)(C)CC2)cc1. The molecule has 1 aliphatic carbocycles. The molecule has 0 saturated heterocycles. The molecule has 16 heavy (non-hydrogen) atoms. The maximum atomic E-state index is 2.40. The van der Waals surface area contributed by atoms with Crippen molar-refractivity contribution in [3.05, 3.63) is 29.8 Å². The van der Waals surface area contributed by atoms with Gasteiger partial charge in [-0.2, -0.15) is 0 Å². The van der Waals surface area contributed by atoms with Crippen molar-refractivity contribution < 1.29 is 0 Å². The van der Waals surface area contributed by atoms with Crippen LogP contribution >= 0.6 is 11.8 Å². The van der Waals surface area contributed by atoms with E-state index in [9.17, 15) is 0 Å². The van der Waals surface area contributed by atoms with Gasteiger partial charge in [0, 0.05) is 4.90 Å². The van der Waals surface area contributed by atoms with E-state index in [0.717, 1.165) is 5.92 Å². The molecule has 2 rings (SSSR count). The quantitative estimate of drug-likeness (QED) is 0.642. The Morgan fingerprint density at radius 1 is 1.06 bits per heavy atom. The Morgan fingerprint density at radius 2 is 1.62 bits per heavy atom. The first-order chi connectivity index (χ1) is 7.61. The average Bonchev–Trinajstić information content (AvgIpc) is 2.29. The molecule has 1 aliphatic rings. The topological polar surface area (TPSA) is 0 Å². The number of benzene rings is 1. The molecule has 0 spiro atoms. The van der Waals surface area contributed by atoms with Crippen molar-refractivity contribution in [3.63, 3.8) is 0 Å². The highest BCUT2D eigenvalue weighted by molar-refractivity contribution is 7.98. The summed E-state index contributed by atoms with van der Waals surface area (Å²) in [4.78, 5) is 1.37. The van der Waals surface area contributed by atoms with Crippen LogP contribution in [0.2, 0.25) is 0 Å². The Labute approximate surface area is 104 Å². The standard InChI is InChI=1S/C15H22S/c1-15(2)10-8-13(9-11-15)12-4-6-14(16-3)7-5-12/h4-7,13H,8-11H2,1-3H3. The van der Waals surface area contributed by atoms with Crippen LogP contribution in [0.1, 0.15) is 51.0 Å². The summed E-state index contributed by atoms with van der Waals surface area (Å²) in [5.74, 6) is 0.809. The Bertz CT molecular complexity index is 327. The lowest BCUT2D eigenvalue weighted by atomic mass is 9.71. The van der Waals surface area contributed by atoms with E-state index in [1.54, 1.807) is 5.56 Å². The van der Waals surface area contributed by atoms with Gasteiger partial charge in [-0.05, 0) is 61.0 Å². The Hall–Kier alpha value is -0.430. The highest BCUT2D eigenvalue weighted by Crippen LogP contribution is 2.42. The van der Waals surface area contributed by atoms with Gasteiger partial charge in [-0.15, -0.1) is 11.8 Å². The maximum absolute atomic E-state index is 2.40. The third kappa shape index (κ3) is 2.82. The van der Waals surface area contributed by atoms with Crippen molar-refractivity contribution in [2.24, 2.45) is 5.41 Å². The largest absolute Gasteiger partial charge is 0.130 e. The number of hydrogen-bond acceptors (Lipinski definition) is 1. The molecule has 1 aromatic carbocycles. The lowest BCUT2D eigenvalue weighted by Gasteiger charge is -2.34. The van der Waals surface area contributed by atoms with E-state index in [1.807, 2.05) is 11.8 Å². The van der Waals surface area contributed by atoms with E-state index < -0.39 is 0 Å². The van der Waals surface area contributed by atoms with Crippen molar-refractivity contribution in [2.75, 3.05) is 6.26 Å². The molecule has 1 saturated carbocycles.